The molecule has 0 N–H and O–H groups in total. The molecule has 6 nitrogen and oxygen atoms in total. The van der Waals surface area contributed by atoms with Crippen molar-refractivity contribution in [2.75, 3.05) is 0 Å². The first-order chi connectivity index (χ1) is 23.0. The molecule has 1 heterocycles. The molecule has 0 aliphatic rings. The summed E-state index contributed by atoms with van der Waals surface area (Å²) in [6, 6.07) is 43.4. The SMILES string of the molecule is O=[N+]([O-])c1c2ccccc2c(-c2ccc3[se]c4cccc(-c5c6ccccc6c([N+](=O)[O-])c6ccccc56)c4c3c2)c2ccccc12. The Hall–Kier alpha value is -5.88. The Morgan fingerprint density at radius 3 is 1.34 bits per heavy atom. The fourth-order valence-electron chi connectivity index (χ4n) is 7.40. The number of hydrogen-bond acceptors (Lipinski definition) is 4. The summed E-state index contributed by atoms with van der Waals surface area (Å²) in [4.78, 5) is 24.2. The number of nitrogens with zero attached hydrogens (tertiary/aromatic N) is 2. The van der Waals surface area contributed by atoms with Crippen molar-refractivity contribution in [1.82, 2.24) is 0 Å². The molecule has 0 unspecified atom stereocenters. The number of non-ortho nitro benzene ring substituents is 2. The van der Waals surface area contributed by atoms with Crippen LogP contribution in [0, 0.1) is 20.2 Å². The molecule has 0 aliphatic heterocycles. The standard InChI is InChI=1S/C40H22N2O4Se/c43-41(44)39-28-14-5-1-10-24(28)36(25-11-2-6-15-29(25)39)23-20-21-34-33(22-23)38-32(18-9-19-35(38)47-34)37-26-12-3-7-16-30(26)40(42(45)46)31-17-8-4-13-27(31)37/h1-22H. The molecule has 47 heavy (non-hydrogen) atoms. The third-order valence-electron chi connectivity index (χ3n) is 9.22. The van der Waals surface area contributed by atoms with Crippen LogP contribution >= 0.6 is 0 Å². The molecule has 9 aromatic rings. The predicted octanol–water partition coefficient (Wildman–Crippen LogP) is 10.8. The van der Waals surface area contributed by atoms with Crippen LogP contribution in [-0.2, 0) is 0 Å². The molecule has 222 valence electrons. The number of nitro groups is 2. The average Bonchev–Trinajstić information content (AvgIpc) is 3.47. The van der Waals surface area contributed by atoms with Crippen molar-refractivity contribution in [3.05, 3.63) is 154 Å². The van der Waals surface area contributed by atoms with Gasteiger partial charge in [-0.15, -0.1) is 0 Å². The first-order valence-corrected chi connectivity index (χ1v) is 16.8. The van der Waals surface area contributed by atoms with Crippen molar-refractivity contribution in [3.8, 4) is 22.3 Å². The second kappa shape index (κ2) is 10.3. The van der Waals surface area contributed by atoms with Gasteiger partial charge in [-0.25, -0.2) is 0 Å². The van der Waals surface area contributed by atoms with Crippen molar-refractivity contribution in [2.45, 2.75) is 0 Å². The van der Waals surface area contributed by atoms with Gasteiger partial charge in [0.2, 0.25) is 0 Å². The molecule has 0 saturated carbocycles. The zero-order valence-electron chi connectivity index (χ0n) is 24.6. The van der Waals surface area contributed by atoms with Gasteiger partial charge in [0.25, 0.3) is 0 Å². The number of fused-ring (bicyclic) bond motifs is 7. The van der Waals surface area contributed by atoms with Crippen LogP contribution in [0.25, 0.3) is 84.6 Å². The van der Waals surface area contributed by atoms with E-state index >= 15 is 0 Å². The van der Waals surface area contributed by atoms with E-state index in [-0.39, 0.29) is 35.7 Å². The Morgan fingerprint density at radius 2 is 0.872 bits per heavy atom. The van der Waals surface area contributed by atoms with Crippen molar-refractivity contribution in [2.24, 2.45) is 0 Å². The molecule has 1 aromatic heterocycles. The summed E-state index contributed by atoms with van der Waals surface area (Å²) >= 11 is 0.0607. The van der Waals surface area contributed by atoms with Crippen molar-refractivity contribution in [1.29, 1.82) is 0 Å². The van der Waals surface area contributed by atoms with E-state index < -0.39 is 0 Å². The van der Waals surface area contributed by atoms with Crippen molar-refractivity contribution in [3.63, 3.8) is 0 Å². The summed E-state index contributed by atoms with van der Waals surface area (Å²) < 4.78 is 2.52. The van der Waals surface area contributed by atoms with Gasteiger partial charge in [0.05, 0.1) is 0 Å². The monoisotopic (exact) mass is 674 g/mol. The van der Waals surface area contributed by atoms with E-state index in [1.165, 1.54) is 8.52 Å². The van der Waals surface area contributed by atoms with Crippen LogP contribution in [0.4, 0.5) is 11.4 Å². The molecule has 0 bridgehead atoms. The molecule has 8 aromatic carbocycles. The molecule has 0 fully saturated rings. The summed E-state index contributed by atoms with van der Waals surface area (Å²) in [7, 11) is 0. The Morgan fingerprint density at radius 1 is 0.426 bits per heavy atom. The van der Waals surface area contributed by atoms with Gasteiger partial charge in [-0.1, -0.05) is 0 Å². The number of rotatable bonds is 4. The number of hydrogen-bond donors (Lipinski definition) is 0. The van der Waals surface area contributed by atoms with E-state index in [1.807, 2.05) is 97.1 Å². The summed E-state index contributed by atoms with van der Waals surface area (Å²) in [5, 5.41) is 32.9. The van der Waals surface area contributed by atoms with E-state index in [0.29, 0.717) is 21.5 Å². The first-order valence-electron chi connectivity index (χ1n) is 15.1. The van der Waals surface area contributed by atoms with Crippen LogP contribution in [0.1, 0.15) is 0 Å². The van der Waals surface area contributed by atoms with E-state index in [1.54, 1.807) is 0 Å². The summed E-state index contributed by atoms with van der Waals surface area (Å²) in [5.74, 6) is 0. The minimum atomic E-state index is -0.277. The molecule has 7 heteroatoms. The first kappa shape index (κ1) is 27.4. The summed E-state index contributed by atoms with van der Waals surface area (Å²) in [5.41, 5.74) is 4.22. The molecule has 0 amide bonds. The van der Waals surface area contributed by atoms with Gasteiger partial charge < -0.3 is 0 Å². The Kier molecular flexibility index (Phi) is 6.03. The molecular formula is C40H22N2O4Se. The topological polar surface area (TPSA) is 86.3 Å². The minimum absolute atomic E-state index is 0.0607. The van der Waals surface area contributed by atoms with Crippen LogP contribution in [0.2, 0.25) is 0 Å². The van der Waals surface area contributed by atoms with Crippen LogP contribution in [0.15, 0.2) is 133 Å². The van der Waals surface area contributed by atoms with Gasteiger partial charge in [0.1, 0.15) is 0 Å². The quantitative estimate of drug-likeness (QED) is 0.0805. The molecular weight excluding hydrogens is 651 g/mol. The van der Waals surface area contributed by atoms with E-state index in [9.17, 15) is 20.2 Å². The number of nitro benzene ring substituents is 2. The van der Waals surface area contributed by atoms with Crippen LogP contribution < -0.4 is 0 Å². The molecule has 0 atom stereocenters. The number of benzene rings is 8. The average molecular weight is 674 g/mol. The normalized spacial score (nSPS) is 11.7. The van der Waals surface area contributed by atoms with E-state index in [0.717, 1.165) is 54.6 Å². The second-order valence-electron chi connectivity index (χ2n) is 11.6. The Labute approximate surface area is 273 Å². The van der Waals surface area contributed by atoms with E-state index in [4.69, 9.17) is 0 Å². The van der Waals surface area contributed by atoms with Gasteiger partial charge in [-0.3, -0.25) is 0 Å². The molecule has 9 rings (SSSR count). The molecule has 0 saturated heterocycles. The van der Waals surface area contributed by atoms with Crippen molar-refractivity contribution < 1.29 is 9.85 Å². The van der Waals surface area contributed by atoms with Crippen molar-refractivity contribution >= 4 is 88.3 Å². The predicted molar refractivity (Wildman–Crippen MR) is 193 cm³/mol. The Bertz CT molecular complexity index is 2710. The fraction of sp³-hybridized carbons (Fsp3) is 0. The third kappa shape index (κ3) is 3.97. The maximum atomic E-state index is 12.4. The van der Waals surface area contributed by atoms with Gasteiger partial charge in [0, 0.05) is 0 Å². The third-order valence-corrected chi connectivity index (χ3v) is 11.6. The zero-order chi connectivity index (χ0) is 31.8. The van der Waals surface area contributed by atoms with Gasteiger partial charge in [-0.2, -0.15) is 0 Å². The van der Waals surface area contributed by atoms with Crippen LogP contribution in [0.3, 0.4) is 0 Å². The molecule has 0 radical (unpaired) electrons. The summed E-state index contributed by atoms with van der Waals surface area (Å²) in [6.07, 6.45) is 0. The molecule has 0 spiro atoms. The van der Waals surface area contributed by atoms with Crippen LogP contribution in [-0.4, -0.2) is 24.4 Å². The van der Waals surface area contributed by atoms with Gasteiger partial charge in [-0.05, 0) is 0 Å². The van der Waals surface area contributed by atoms with E-state index in [2.05, 4.69) is 36.4 Å². The van der Waals surface area contributed by atoms with Gasteiger partial charge in [0.15, 0.2) is 0 Å². The maximum absolute atomic E-state index is 12.4. The zero-order valence-corrected chi connectivity index (χ0v) is 26.4. The summed E-state index contributed by atoms with van der Waals surface area (Å²) in [6.45, 7) is 0. The second-order valence-corrected chi connectivity index (χ2v) is 13.9. The molecule has 0 aliphatic carbocycles. The fourth-order valence-corrected chi connectivity index (χ4v) is 9.73. The van der Waals surface area contributed by atoms with Gasteiger partial charge >= 0.3 is 274 Å². The van der Waals surface area contributed by atoms with Crippen LogP contribution in [0.5, 0.6) is 0 Å². The Balaban J connectivity index is 1.41.